The van der Waals surface area contributed by atoms with Gasteiger partial charge in [-0.2, -0.15) is 0 Å². The van der Waals surface area contributed by atoms with Gasteiger partial charge in [-0.15, -0.1) is 0 Å². The van der Waals surface area contributed by atoms with Crippen molar-refractivity contribution in [3.63, 3.8) is 0 Å². The van der Waals surface area contributed by atoms with E-state index in [4.69, 9.17) is 4.74 Å². The van der Waals surface area contributed by atoms with Gasteiger partial charge in [-0.05, 0) is 30.0 Å². The van der Waals surface area contributed by atoms with Crippen LogP contribution in [0.5, 0.6) is 5.75 Å². The molecule has 0 radical (unpaired) electrons. The van der Waals surface area contributed by atoms with Crippen molar-refractivity contribution >= 4 is 40.4 Å². The van der Waals surface area contributed by atoms with Crippen molar-refractivity contribution in [2.24, 2.45) is 0 Å². The summed E-state index contributed by atoms with van der Waals surface area (Å²) in [4.78, 5) is 36.4. The van der Waals surface area contributed by atoms with Crippen molar-refractivity contribution in [3.8, 4) is 5.75 Å². The van der Waals surface area contributed by atoms with Crippen molar-refractivity contribution in [1.29, 1.82) is 0 Å². The molecule has 1 fully saturated rings. The van der Waals surface area contributed by atoms with Gasteiger partial charge < -0.3 is 10.1 Å². The highest BCUT2D eigenvalue weighted by molar-refractivity contribution is 8.18. The molecule has 9 heteroatoms. The minimum Gasteiger partial charge on any atom is -0.496 e. The Morgan fingerprint density at radius 1 is 1.22 bits per heavy atom. The van der Waals surface area contributed by atoms with E-state index in [1.54, 1.807) is 24.3 Å². The Labute approximate surface area is 159 Å². The molecule has 138 valence electrons. The molecule has 1 aliphatic heterocycles. The van der Waals surface area contributed by atoms with Crippen LogP contribution in [0.4, 0.5) is 16.2 Å². The highest BCUT2D eigenvalue weighted by Gasteiger charge is 2.35. The number of thioether (sulfide) groups is 1. The van der Waals surface area contributed by atoms with Crippen molar-refractivity contribution in [1.82, 2.24) is 4.90 Å². The molecule has 1 N–H and O–H groups in total. The summed E-state index contributed by atoms with van der Waals surface area (Å²) in [5.74, 6) is 0.160. The largest absolute Gasteiger partial charge is 0.496 e. The number of methoxy groups -OCH3 is 1. The molecule has 2 aromatic rings. The second kappa shape index (κ2) is 7.92. The number of nitrogens with one attached hydrogen (secondary N) is 1. The molecule has 0 saturated carbocycles. The van der Waals surface area contributed by atoms with Crippen LogP contribution in [0.1, 0.15) is 5.56 Å². The number of benzene rings is 2. The summed E-state index contributed by atoms with van der Waals surface area (Å²) >= 11 is 0.834. The number of ether oxygens (including phenoxy) is 1. The van der Waals surface area contributed by atoms with Crippen LogP contribution < -0.4 is 10.1 Å². The average molecular weight is 385 g/mol. The topological polar surface area (TPSA) is 102 Å². The van der Waals surface area contributed by atoms with E-state index in [2.05, 4.69) is 5.32 Å². The van der Waals surface area contributed by atoms with Gasteiger partial charge in [-0.25, -0.2) is 0 Å². The van der Waals surface area contributed by atoms with Gasteiger partial charge in [-0.1, -0.05) is 24.3 Å². The number of imide groups is 1. The number of carbonyl (C=O) groups is 2. The number of anilines is 1. The van der Waals surface area contributed by atoms with Gasteiger partial charge in [0.05, 0.1) is 23.6 Å². The smallest absolute Gasteiger partial charge is 0.295 e. The lowest BCUT2D eigenvalue weighted by Crippen LogP contribution is -2.33. The third kappa shape index (κ3) is 4.09. The van der Waals surface area contributed by atoms with Crippen LogP contribution in [0.15, 0.2) is 53.4 Å². The van der Waals surface area contributed by atoms with Gasteiger partial charge in [-0.3, -0.25) is 24.6 Å². The fraction of sp³-hybridized carbons (Fsp3) is 0.111. The van der Waals surface area contributed by atoms with E-state index in [1.165, 1.54) is 25.3 Å². The van der Waals surface area contributed by atoms with Crippen molar-refractivity contribution in [3.05, 3.63) is 69.1 Å². The maximum atomic E-state index is 12.5. The number of hydrogen-bond acceptors (Lipinski definition) is 7. The van der Waals surface area contributed by atoms with E-state index >= 15 is 0 Å². The van der Waals surface area contributed by atoms with Gasteiger partial charge in [0.15, 0.2) is 0 Å². The Balaban J connectivity index is 1.74. The number of amides is 2. The predicted octanol–water partition coefficient (Wildman–Crippen LogP) is 3.71. The number of para-hydroxylation sites is 1. The Morgan fingerprint density at radius 3 is 2.74 bits per heavy atom. The van der Waals surface area contributed by atoms with E-state index in [0.29, 0.717) is 17.0 Å². The molecule has 0 atom stereocenters. The quantitative estimate of drug-likeness (QED) is 0.459. The molecule has 0 aliphatic carbocycles. The molecule has 0 unspecified atom stereocenters. The summed E-state index contributed by atoms with van der Waals surface area (Å²) in [6.07, 6.45) is 1.61. The lowest BCUT2D eigenvalue weighted by Gasteiger charge is -2.14. The Hall–Kier alpha value is -3.33. The number of nitro groups is 1. The number of rotatable bonds is 6. The number of hydrogen-bond donors (Lipinski definition) is 1. The molecule has 2 aromatic carbocycles. The standard InChI is InChI=1S/C18H15N3O5S/c1-26-15-8-3-2-5-12(15)9-16-17(22)20(18(23)27-16)11-19-13-6-4-7-14(10-13)21(24)25/h2-10,19H,11H2,1H3. The second-order valence-corrected chi connectivity index (χ2v) is 6.49. The zero-order valence-corrected chi connectivity index (χ0v) is 15.1. The Kier molecular flexibility index (Phi) is 5.41. The van der Waals surface area contributed by atoms with Gasteiger partial charge in [0.1, 0.15) is 5.75 Å². The van der Waals surface area contributed by atoms with Crippen LogP contribution in [0, 0.1) is 10.1 Å². The third-order valence-electron chi connectivity index (χ3n) is 3.80. The highest BCUT2D eigenvalue weighted by Crippen LogP contribution is 2.33. The molecular formula is C18H15N3O5S. The van der Waals surface area contributed by atoms with E-state index in [1.807, 2.05) is 12.1 Å². The van der Waals surface area contributed by atoms with Crippen LogP contribution in [-0.4, -0.2) is 34.7 Å². The number of nitro benzene ring substituents is 1. The van der Waals surface area contributed by atoms with Gasteiger partial charge in [0, 0.05) is 23.4 Å². The minimum absolute atomic E-state index is 0.0785. The first kappa shape index (κ1) is 18.5. The van der Waals surface area contributed by atoms with E-state index in [-0.39, 0.29) is 17.3 Å². The molecule has 0 spiro atoms. The molecule has 2 amide bonds. The van der Waals surface area contributed by atoms with Crippen LogP contribution in [0.2, 0.25) is 0 Å². The van der Waals surface area contributed by atoms with Crippen LogP contribution >= 0.6 is 11.8 Å². The molecular weight excluding hydrogens is 370 g/mol. The SMILES string of the molecule is COc1ccccc1C=C1SC(=O)N(CNc2cccc([N+](=O)[O-])c2)C1=O. The summed E-state index contributed by atoms with van der Waals surface area (Å²) in [7, 11) is 1.53. The molecule has 1 heterocycles. The first-order chi connectivity index (χ1) is 13.0. The number of non-ortho nitro benzene ring substituents is 1. The fourth-order valence-electron chi connectivity index (χ4n) is 2.46. The monoisotopic (exact) mass is 385 g/mol. The molecule has 1 aliphatic rings. The molecule has 0 aromatic heterocycles. The van der Waals surface area contributed by atoms with Gasteiger partial charge in [0.2, 0.25) is 0 Å². The molecule has 8 nitrogen and oxygen atoms in total. The van der Waals surface area contributed by atoms with E-state index in [0.717, 1.165) is 16.7 Å². The van der Waals surface area contributed by atoms with Crippen LogP contribution in [0.3, 0.4) is 0 Å². The predicted molar refractivity (Wildman–Crippen MR) is 102 cm³/mol. The summed E-state index contributed by atoms with van der Waals surface area (Å²) in [5.41, 5.74) is 1.05. The van der Waals surface area contributed by atoms with Crippen molar-refractivity contribution in [2.45, 2.75) is 0 Å². The van der Waals surface area contributed by atoms with E-state index in [9.17, 15) is 19.7 Å². The summed E-state index contributed by atoms with van der Waals surface area (Å²) in [6, 6.07) is 13.0. The Morgan fingerprint density at radius 2 is 2.00 bits per heavy atom. The maximum absolute atomic E-state index is 12.5. The van der Waals surface area contributed by atoms with Gasteiger partial charge >= 0.3 is 0 Å². The maximum Gasteiger partial charge on any atom is 0.295 e. The average Bonchev–Trinajstić information content (AvgIpc) is 2.93. The minimum atomic E-state index is -0.513. The van der Waals surface area contributed by atoms with Crippen molar-refractivity contribution in [2.75, 3.05) is 19.1 Å². The lowest BCUT2D eigenvalue weighted by molar-refractivity contribution is -0.384. The van der Waals surface area contributed by atoms with E-state index < -0.39 is 16.1 Å². The summed E-state index contributed by atoms with van der Waals surface area (Å²) < 4.78 is 5.25. The zero-order chi connectivity index (χ0) is 19.4. The zero-order valence-electron chi connectivity index (χ0n) is 14.2. The second-order valence-electron chi connectivity index (χ2n) is 5.49. The van der Waals surface area contributed by atoms with Crippen LogP contribution in [0.25, 0.3) is 6.08 Å². The molecule has 3 rings (SSSR count). The number of carbonyl (C=O) groups excluding carboxylic acids is 2. The normalized spacial score (nSPS) is 15.3. The molecule has 27 heavy (non-hydrogen) atoms. The molecule has 0 bridgehead atoms. The highest BCUT2D eigenvalue weighted by atomic mass is 32.2. The first-order valence-electron chi connectivity index (χ1n) is 7.86. The third-order valence-corrected chi connectivity index (χ3v) is 4.70. The summed E-state index contributed by atoms with van der Waals surface area (Å²) in [6.45, 7) is -0.0882. The summed E-state index contributed by atoms with van der Waals surface area (Å²) in [5, 5.41) is 13.3. The van der Waals surface area contributed by atoms with Crippen molar-refractivity contribution < 1.29 is 19.2 Å². The first-order valence-corrected chi connectivity index (χ1v) is 8.68. The number of nitrogens with zero attached hydrogens (tertiary/aromatic N) is 2. The molecule has 1 saturated heterocycles. The fourth-order valence-corrected chi connectivity index (χ4v) is 3.29. The van der Waals surface area contributed by atoms with Crippen LogP contribution in [-0.2, 0) is 4.79 Å². The lowest BCUT2D eigenvalue weighted by atomic mass is 10.2. The Bertz CT molecular complexity index is 944. The van der Waals surface area contributed by atoms with Gasteiger partial charge in [0.25, 0.3) is 16.8 Å².